The molecule has 3 heterocycles. The first-order valence-electron chi connectivity index (χ1n) is 15.4. The van der Waals surface area contributed by atoms with E-state index in [2.05, 4.69) is 20.1 Å². The number of anilines is 1. The first-order valence-corrected chi connectivity index (χ1v) is 16.3. The lowest BCUT2D eigenvalue weighted by Crippen LogP contribution is -2.57. The van der Waals surface area contributed by atoms with Gasteiger partial charge >= 0.3 is 0 Å². The van der Waals surface area contributed by atoms with Crippen molar-refractivity contribution in [1.82, 2.24) is 9.80 Å². The van der Waals surface area contributed by atoms with Gasteiger partial charge in [-0.25, -0.2) is 0 Å². The van der Waals surface area contributed by atoms with Gasteiger partial charge < -0.3 is 24.5 Å². The molecule has 0 aliphatic carbocycles. The molecule has 9 heteroatoms. The Morgan fingerprint density at radius 3 is 2.41 bits per heavy atom. The van der Waals surface area contributed by atoms with Crippen LogP contribution in [0.25, 0.3) is 0 Å². The van der Waals surface area contributed by atoms with Crippen molar-refractivity contribution in [3.8, 4) is 5.75 Å². The number of hydrogen-bond donors (Lipinski definition) is 1. The van der Waals surface area contributed by atoms with Crippen LogP contribution < -0.4 is 9.64 Å². The average molecular weight is 618 g/mol. The van der Waals surface area contributed by atoms with E-state index < -0.39 is 22.6 Å². The number of aliphatic hydroxyl groups excluding tert-OH is 1. The quantitative estimate of drug-likeness (QED) is 0.247. The van der Waals surface area contributed by atoms with E-state index in [4.69, 9.17) is 4.74 Å². The monoisotopic (exact) mass is 617 g/mol. The number of carbonyl (C=O) groups excluding carboxylic acids is 3. The number of nitrogens with zero attached hydrogens (tertiary/aromatic N) is 3. The largest absolute Gasteiger partial charge is 0.497 e. The lowest BCUT2D eigenvalue weighted by atomic mass is 9.65. The van der Waals surface area contributed by atoms with E-state index in [1.54, 1.807) is 45.7 Å². The Hall–Kier alpha value is -3.56. The summed E-state index contributed by atoms with van der Waals surface area (Å²) < 4.78 is 4.59. The topological polar surface area (TPSA) is 90.4 Å². The van der Waals surface area contributed by atoms with E-state index in [-0.39, 0.29) is 42.0 Å². The molecule has 3 amide bonds. The second-order valence-corrected chi connectivity index (χ2v) is 13.5. The van der Waals surface area contributed by atoms with Crippen LogP contribution in [0.15, 0.2) is 79.9 Å². The number of unbranched alkanes of at least 4 members (excludes halogenated alkanes) is 1. The Morgan fingerprint density at radius 1 is 1.07 bits per heavy atom. The van der Waals surface area contributed by atoms with Crippen LogP contribution in [0.5, 0.6) is 5.75 Å². The number of rotatable bonds is 14. The highest BCUT2D eigenvalue weighted by Crippen LogP contribution is 2.69. The predicted molar refractivity (Wildman–Crippen MR) is 174 cm³/mol. The molecule has 0 saturated carbocycles. The number of methoxy groups -OCH3 is 1. The first kappa shape index (κ1) is 31.9. The fourth-order valence-corrected chi connectivity index (χ4v) is 9.89. The minimum absolute atomic E-state index is 0.00793. The molecule has 6 atom stereocenters. The van der Waals surface area contributed by atoms with Crippen LogP contribution in [-0.2, 0) is 20.9 Å². The van der Waals surface area contributed by atoms with Crippen LogP contribution in [0.1, 0.15) is 31.7 Å². The lowest BCUT2D eigenvalue weighted by Gasteiger charge is -2.41. The Labute approximate surface area is 264 Å². The normalized spacial score (nSPS) is 26.8. The highest BCUT2D eigenvalue weighted by atomic mass is 32.2. The summed E-state index contributed by atoms with van der Waals surface area (Å²) in [7, 11) is 1.60. The summed E-state index contributed by atoms with van der Waals surface area (Å²) in [6.07, 6.45) is 5.27. The number of fused-ring (bicyclic) bond motifs is 1. The van der Waals surface area contributed by atoms with E-state index in [9.17, 15) is 19.5 Å². The van der Waals surface area contributed by atoms with E-state index in [1.807, 2.05) is 54.6 Å². The molecular weight excluding hydrogens is 574 g/mol. The number of aliphatic hydroxyl groups is 1. The molecule has 1 spiro atoms. The molecule has 234 valence electrons. The highest BCUT2D eigenvalue weighted by Gasteiger charge is 2.76. The minimum Gasteiger partial charge on any atom is -0.497 e. The number of carbonyl (C=O) groups is 3. The fraction of sp³-hybridized carbons (Fsp3) is 0.457. The zero-order chi connectivity index (χ0) is 31.4. The Balaban J connectivity index is 1.54. The summed E-state index contributed by atoms with van der Waals surface area (Å²) in [6, 6.07) is 16.4. The molecule has 5 rings (SSSR count). The van der Waals surface area contributed by atoms with Crippen molar-refractivity contribution in [1.29, 1.82) is 0 Å². The third-order valence-corrected chi connectivity index (χ3v) is 11.5. The maximum atomic E-state index is 14.8. The third-order valence-electron chi connectivity index (χ3n) is 9.41. The van der Waals surface area contributed by atoms with Gasteiger partial charge in [0.1, 0.15) is 11.8 Å². The van der Waals surface area contributed by atoms with Crippen LogP contribution in [0.4, 0.5) is 5.69 Å². The van der Waals surface area contributed by atoms with Crippen molar-refractivity contribution < 1.29 is 24.2 Å². The zero-order valence-electron chi connectivity index (χ0n) is 25.6. The first-order chi connectivity index (χ1) is 21.3. The van der Waals surface area contributed by atoms with Gasteiger partial charge in [0.15, 0.2) is 0 Å². The van der Waals surface area contributed by atoms with Gasteiger partial charge in [-0.05, 0) is 55.0 Å². The molecule has 3 unspecified atom stereocenters. The molecule has 44 heavy (non-hydrogen) atoms. The highest BCUT2D eigenvalue weighted by molar-refractivity contribution is 8.02. The van der Waals surface area contributed by atoms with Crippen molar-refractivity contribution in [3.63, 3.8) is 0 Å². The molecule has 3 fully saturated rings. The van der Waals surface area contributed by atoms with Crippen molar-refractivity contribution >= 4 is 35.2 Å². The van der Waals surface area contributed by atoms with Crippen molar-refractivity contribution in [2.75, 3.05) is 38.3 Å². The van der Waals surface area contributed by atoms with Crippen molar-refractivity contribution in [2.24, 2.45) is 17.8 Å². The number of amides is 3. The molecule has 8 nitrogen and oxygen atoms in total. The standard InChI is InChI=1S/C35H43N3O5S/c1-5-18-36(23-25-12-8-7-9-13-25)32(40)29-28-22-24(3)35(44-28)30(29)33(41)38(20-10-11-21-39)31(35)34(42)37(19-6-2)26-14-16-27(43-4)17-15-26/h5-9,12-17,24,28-31,39H,1-2,10-11,18-23H2,3-4H3/t24?,28-,29+,30-,31?,35?/m0/s1. The number of thioether (sulfide) groups is 1. The van der Waals surface area contributed by atoms with Crippen LogP contribution in [-0.4, -0.2) is 82.0 Å². The fourth-order valence-electron chi connectivity index (χ4n) is 7.48. The summed E-state index contributed by atoms with van der Waals surface area (Å²) in [5, 5.41) is 9.47. The van der Waals surface area contributed by atoms with Gasteiger partial charge in [-0.3, -0.25) is 14.4 Å². The number of likely N-dealkylation sites (tertiary alicyclic amines) is 1. The van der Waals surface area contributed by atoms with Crippen LogP contribution in [0.2, 0.25) is 0 Å². The summed E-state index contributed by atoms with van der Waals surface area (Å²) in [5.74, 6) is -0.765. The molecule has 3 aliphatic rings. The smallest absolute Gasteiger partial charge is 0.251 e. The van der Waals surface area contributed by atoms with Gasteiger partial charge in [-0.15, -0.1) is 24.9 Å². The summed E-state index contributed by atoms with van der Waals surface area (Å²) in [5.41, 5.74) is 1.70. The molecule has 3 saturated heterocycles. The second kappa shape index (κ2) is 13.6. The Morgan fingerprint density at radius 2 is 1.77 bits per heavy atom. The van der Waals surface area contributed by atoms with E-state index in [0.717, 1.165) is 12.0 Å². The Kier molecular flexibility index (Phi) is 9.85. The third kappa shape index (κ3) is 5.56. The van der Waals surface area contributed by atoms with E-state index >= 15 is 0 Å². The van der Waals surface area contributed by atoms with Gasteiger partial charge in [-0.2, -0.15) is 0 Å². The van der Waals surface area contributed by atoms with E-state index in [0.29, 0.717) is 43.9 Å². The number of hydrogen-bond acceptors (Lipinski definition) is 6. The Bertz CT molecular complexity index is 1370. The van der Waals surface area contributed by atoms with Gasteiger partial charge in [0.25, 0.3) is 5.91 Å². The summed E-state index contributed by atoms with van der Waals surface area (Å²) >= 11 is 1.68. The second-order valence-electron chi connectivity index (χ2n) is 11.9. The SMILES string of the molecule is C=CCN(Cc1ccccc1)C(=O)[C@@H]1[C@@H]2CC(C)C3(S2)C(C(=O)N(CC=C)c2ccc(OC)cc2)N(CCCCO)C(=O)[C@H]13. The molecule has 2 aromatic rings. The van der Waals surface area contributed by atoms with Gasteiger partial charge in [-0.1, -0.05) is 49.4 Å². The number of benzene rings is 2. The molecule has 1 N–H and O–H groups in total. The van der Waals surface area contributed by atoms with Gasteiger partial charge in [0.05, 0.1) is 23.7 Å². The molecule has 2 aromatic carbocycles. The maximum Gasteiger partial charge on any atom is 0.251 e. The van der Waals surface area contributed by atoms with Crippen molar-refractivity contribution in [2.45, 2.75) is 48.8 Å². The van der Waals surface area contributed by atoms with Crippen LogP contribution in [0, 0.1) is 17.8 Å². The summed E-state index contributed by atoms with van der Waals surface area (Å²) in [6.45, 7) is 11.4. The zero-order valence-corrected chi connectivity index (χ0v) is 26.5. The molecule has 2 bridgehead atoms. The number of ether oxygens (including phenoxy) is 1. The molecule has 0 aromatic heterocycles. The predicted octanol–water partition coefficient (Wildman–Crippen LogP) is 4.54. The van der Waals surface area contributed by atoms with Gasteiger partial charge in [0, 0.05) is 43.7 Å². The molecular formula is C35H43N3O5S. The summed E-state index contributed by atoms with van der Waals surface area (Å²) in [4.78, 5) is 49.0. The maximum absolute atomic E-state index is 14.8. The van der Waals surface area contributed by atoms with Crippen LogP contribution in [0.3, 0.4) is 0 Å². The van der Waals surface area contributed by atoms with E-state index in [1.165, 1.54) is 0 Å². The molecule has 0 radical (unpaired) electrons. The average Bonchev–Trinajstić information content (AvgIpc) is 3.63. The van der Waals surface area contributed by atoms with Crippen LogP contribution >= 0.6 is 11.8 Å². The molecule has 3 aliphatic heterocycles. The van der Waals surface area contributed by atoms with Crippen molar-refractivity contribution in [3.05, 3.63) is 85.5 Å². The van der Waals surface area contributed by atoms with Gasteiger partial charge in [0.2, 0.25) is 11.8 Å². The lowest BCUT2D eigenvalue weighted by molar-refractivity contribution is -0.144. The minimum atomic E-state index is -0.745.